The Labute approximate surface area is 153 Å². The second-order valence-corrected chi connectivity index (χ2v) is 8.39. The molecule has 1 aromatic heterocycles. The average molecular weight is 356 g/mol. The molecule has 6 heteroatoms. The molecule has 4 rings (SSSR count). The van der Waals surface area contributed by atoms with E-state index in [1.807, 2.05) is 4.90 Å². The van der Waals surface area contributed by atoms with E-state index < -0.39 is 0 Å². The predicted molar refractivity (Wildman–Crippen MR) is 96.8 cm³/mol. The maximum Gasteiger partial charge on any atom is 0.276 e. The van der Waals surface area contributed by atoms with Gasteiger partial charge in [-0.25, -0.2) is 9.07 Å². The van der Waals surface area contributed by atoms with Gasteiger partial charge in [0.1, 0.15) is 5.82 Å². The Balaban J connectivity index is 1.68. The van der Waals surface area contributed by atoms with Crippen LogP contribution in [0.15, 0.2) is 24.3 Å². The molecular weight excluding hydrogens is 331 g/mol. The monoisotopic (exact) mass is 356 g/mol. The number of rotatable bonds is 3. The zero-order valence-electron chi connectivity index (χ0n) is 15.6. The zero-order valence-corrected chi connectivity index (χ0v) is 15.6. The van der Waals surface area contributed by atoms with Crippen molar-refractivity contribution in [2.75, 3.05) is 13.1 Å². The zero-order chi connectivity index (χ0) is 18.5. The van der Waals surface area contributed by atoms with Gasteiger partial charge in [0.25, 0.3) is 5.91 Å². The molecule has 0 radical (unpaired) electrons. The number of amides is 1. The van der Waals surface area contributed by atoms with Crippen LogP contribution in [0.25, 0.3) is 5.69 Å². The third kappa shape index (κ3) is 3.02. The van der Waals surface area contributed by atoms with Gasteiger partial charge < -0.3 is 4.90 Å². The van der Waals surface area contributed by atoms with Gasteiger partial charge in [-0.05, 0) is 48.8 Å². The van der Waals surface area contributed by atoms with E-state index in [2.05, 4.69) is 31.1 Å². The number of hydrogen-bond acceptors (Lipinski definition) is 3. The second kappa shape index (κ2) is 6.18. The fourth-order valence-electron chi connectivity index (χ4n) is 3.75. The Morgan fingerprint density at radius 2 is 2.04 bits per heavy atom. The molecule has 1 atom stereocenters. The lowest BCUT2D eigenvalue weighted by atomic mass is 9.75. The van der Waals surface area contributed by atoms with Crippen LogP contribution in [0.5, 0.6) is 0 Å². The largest absolute Gasteiger partial charge is 0.337 e. The van der Waals surface area contributed by atoms with Crippen molar-refractivity contribution in [3.8, 4) is 5.69 Å². The lowest BCUT2D eigenvalue weighted by Crippen LogP contribution is -2.47. The van der Waals surface area contributed by atoms with Crippen molar-refractivity contribution in [3.63, 3.8) is 0 Å². The number of piperidine rings is 1. The smallest absolute Gasteiger partial charge is 0.276 e. The molecule has 2 aromatic rings. The van der Waals surface area contributed by atoms with Crippen molar-refractivity contribution in [2.45, 2.75) is 46.0 Å². The van der Waals surface area contributed by atoms with Gasteiger partial charge >= 0.3 is 0 Å². The van der Waals surface area contributed by atoms with E-state index in [0.29, 0.717) is 17.3 Å². The van der Waals surface area contributed by atoms with E-state index in [0.717, 1.165) is 38.0 Å². The molecular formula is C20H25FN4O. The Morgan fingerprint density at radius 1 is 1.27 bits per heavy atom. The molecule has 2 heterocycles. The standard InChI is InChI=1S/C20H25FN4O/c1-13-9-10-24(12-20(13,2)3)19(26)17-18(14-7-8-14)25(23-22-17)16-6-4-5-15(21)11-16/h4-6,11,13-14H,7-10,12H2,1-3H3/t13-/m0/s1. The topological polar surface area (TPSA) is 51.0 Å². The molecule has 1 saturated carbocycles. The number of benzene rings is 1. The molecule has 5 nitrogen and oxygen atoms in total. The molecule has 0 unspecified atom stereocenters. The molecule has 0 N–H and O–H groups in total. The molecule has 1 aliphatic carbocycles. The van der Waals surface area contributed by atoms with Gasteiger partial charge in [-0.1, -0.05) is 32.1 Å². The van der Waals surface area contributed by atoms with Gasteiger partial charge in [-0.2, -0.15) is 0 Å². The summed E-state index contributed by atoms with van der Waals surface area (Å²) < 4.78 is 15.3. The molecule has 2 fully saturated rings. The van der Waals surface area contributed by atoms with Crippen LogP contribution in [-0.2, 0) is 0 Å². The quantitative estimate of drug-likeness (QED) is 0.841. The van der Waals surface area contributed by atoms with Crippen molar-refractivity contribution >= 4 is 5.91 Å². The summed E-state index contributed by atoms with van der Waals surface area (Å²) in [5.41, 5.74) is 1.97. The third-order valence-corrected chi connectivity index (χ3v) is 5.98. The van der Waals surface area contributed by atoms with Gasteiger partial charge in [0.2, 0.25) is 0 Å². The van der Waals surface area contributed by atoms with Crippen LogP contribution < -0.4 is 0 Å². The van der Waals surface area contributed by atoms with Gasteiger partial charge in [0.15, 0.2) is 5.69 Å². The first kappa shape index (κ1) is 17.2. The molecule has 1 saturated heterocycles. The minimum absolute atomic E-state index is 0.0467. The normalized spacial score (nSPS) is 22.5. The van der Waals surface area contributed by atoms with E-state index >= 15 is 0 Å². The number of carbonyl (C=O) groups excluding carboxylic acids is 1. The Hall–Kier alpha value is -2.24. The summed E-state index contributed by atoms with van der Waals surface area (Å²) in [7, 11) is 0. The van der Waals surface area contributed by atoms with Crippen molar-refractivity contribution < 1.29 is 9.18 Å². The second-order valence-electron chi connectivity index (χ2n) is 8.39. The summed E-state index contributed by atoms with van der Waals surface area (Å²) in [5.74, 6) is 0.496. The van der Waals surface area contributed by atoms with E-state index in [1.54, 1.807) is 16.8 Å². The summed E-state index contributed by atoms with van der Waals surface area (Å²) in [6.07, 6.45) is 3.03. The molecule has 1 aliphatic heterocycles. The highest BCUT2D eigenvalue weighted by molar-refractivity contribution is 5.94. The summed E-state index contributed by atoms with van der Waals surface area (Å²) in [4.78, 5) is 15.1. The van der Waals surface area contributed by atoms with E-state index in [9.17, 15) is 9.18 Å². The Bertz CT molecular complexity index is 840. The van der Waals surface area contributed by atoms with Crippen molar-refractivity contribution in [2.24, 2.45) is 11.3 Å². The van der Waals surface area contributed by atoms with Crippen molar-refractivity contribution in [1.82, 2.24) is 19.9 Å². The molecule has 26 heavy (non-hydrogen) atoms. The predicted octanol–water partition coefficient (Wildman–Crippen LogP) is 3.79. The maximum absolute atomic E-state index is 13.6. The first-order chi connectivity index (χ1) is 12.4. The Kier molecular flexibility index (Phi) is 4.09. The van der Waals surface area contributed by atoms with Crippen LogP contribution in [0.1, 0.15) is 62.1 Å². The van der Waals surface area contributed by atoms with Crippen LogP contribution in [0.4, 0.5) is 4.39 Å². The lowest BCUT2D eigenvalue weighted by Gasteiger charge is -2.42. The van der Waals surface area contributed by atoms with Crippen LogP contribution in [-0.4, -0.2) is 38.9 Å². The van der Waals surface area contributed by atoms with E-state index in [-0.39, 0.29) is 23.1 Å². The highest BCUT2D eigenvalue weighted by Gasteiger charge is 2.39. The maximum atomic E-state index is 13.6. The van der Waals surface area contributed by atoms with E-state index in [4.69, 9.17) is 0 Å². The molecule has 0 spiro atoms. The van der Waals surface area contributed by atoms with Crippen LogP contribution in [0.3, 0.4) is 0 Å². The van der Waals surface area contributed by atoms with Crippen LogP contribution >= 0.6 is 0 Å². The first-order valence-electron chi connectivity index (χ1n) is 9.37. The Morgan fingerprint density at radius 3 is 2.69 bits per heavy atom. The summed E-state index contributed by atoms with van der Waals surface area (Å²) in [5, 5.41) is 8.43. The minimum atomic E-state index is -0.320. The highest BCUT2D eigenvalue weighted by Crippen LogP contribution is 2.43. The average Bonchev–Trinajstić information content (AvgIpc) is 3.34. The number of aromatic nitrogens is 3. The van der Waals surface area contributed by atoms with Crippen molar-refractivity contribution in [1.29, 1.82) is 0 Å². The van der Waals surface area contributed by atoms with Crippen LogP contribution in [0, 0.1) is 17.2 Å². The molecule has 0 bridgehead atoms. The van der Waals surface area contributed by atoms with Crippen molar-refractivity contribution in [3.05, 3.63) is 41.5 Å². The number of carbonyl (C=O) groups is 1. The third-order valence-electron chi connectivity index (χ3n) is 5.98. The summed E-state index contributed by atoms with van der Waals surface area (Å²) >= 11 is 0. The number of halogens is 1. The number of hydrogen-bond donors (Lipinski definition) is 0. The number of nitrogens with zero attached hydrogens (tertiary/aromatic N) is 4. The summed E-state index contributed by atoms with van der Waals surface area (Å²) in [6, 6.07) is 6.28. The van der Waals surface area contributed by atoms with Gasteiger partial charge in [0, 0.05) is 19.0 Å². The lowest BCUT2D eigenvalue weighted by molar-refractivity contribution is 0.0421. The summed E-state index contributed by atoms with van der Waals surface area (Å²) in [6.45, 7) is 8.15. The van der Waals surface area contributed by atoms with E-state index in [1.165, 1.54) is 12.1 Å². The fourth-order valence-corrected chi connectivity index (χ4v) is 3.75. The first-order valence-corrected chi connectivity index (χ1v) is 9.37. The van der Waals surface area contributed by atoms with Crippen LogP contribution in [0.2, 0.25) is 0 Å². The molecule has 1 amide bonds. The van der Waals surface area contributed by atoms with Gasteiger partial charge in [0.05, 0.1) is 11.4 Å². The minimum Gasteiger partial charge on any atom is -0.337 e. The SMILES string of the molecule is C[C@H]1CCN(C(=O)c2nnn(-c3cccc(F)c3)c2C2CC2)CC1(C)C. The van der Waals surface area contributed by atoms with Gasteiger partial charge in [-0.3, -0.25) is 4.79 Å². The number of likely N-dealkylation sites (tertiary alicyclic amines) is 1. The van der Waals surface area contributed by atoms with Gasteiger partial charge in [-0.15, -0.1) is 5.10 Å². The molecule has 138 valence electrons. The fraction of sp³-hybridized carbons (Fsp3) is 0.550. The molecule has 2 aliphatic rings. The highest BCUT2D eigenvalue weighted by atomic mass is 19.1. The molecule has 1 aromatic carbocycles.